The van der Waals surface area contributed by atoms with Gasteiger partial charge in [0, 0.05) is 0 Å². The maximum absolute atomic E-state index is 11.9. The summed E-state index contributed by atoms with van der Waals surface area (Å²) >= 11 is 3.35. The van der Waals surface area contributed by atoms with Crippen molar-refractivity contribution in [2.75, 3.05) is 20.4 Å². The quantitative estimate of drug-likeness (QED) is 0.442. The molecule has 1 aromatic carbocycles. The molecule has 0 heterocycles. The predicted octanol–water partition coefficient (Wildman–Crippen LogP) is 0.186. The molecule has 0 spiro atoms. The molecule has 0 aliphatic rings. The van der Waals surface area contributed by atoms with Crippen LogP contribution in [-0.2, 0) is 0 Å². The number of Topliss-reactive ketones (excluding diaryl/α,β-unsaturated/α-hetero) is 1. The van der Waals surface area contributed by atoms with Gasteiger partial charge in [0.25, 0.3) is 0 Å². The van der Waals surface area contributed by atoms with Crippen LogP contribution in [0.1, 0.15) is 16.8 Å². The van der Waals surface area contributed by atoms with Crippen molar-refractivity contribution < 1.29 is 33.1 Å². The molecule has 1 aromatic rings. The summed E-state index contributed by atoms with van der Waals surface area (Å²) in [7, 11) is 6.36. The molecule has 0 atom stereocenters. The molecule has 0 aliphatic heterocycles. The second-order valence-electron chi connectivity index (χ2n) is 3.08. The van der Waals surface area contributed by atoms with Gasteiger partial charge in [-0.3, -0.25) is 4.79 Å². The van der Waals surface area contributed by atoms with Gasteiger partial charge in [-0.2, -0.15) is 6.16 Å². The van der Waals surface area contributed by atoms with Crippen molar-refractivity contribution >= 4 is 31.0 Å². The Bertz CT molecular complexity index is 399. The van der Waals surface area contributed by atoms with Crippen LogP contribution < -0.4 is 28.3 Å². The fraction of sp³-hybridized carbons (Fsp3) is 0.364. The molecule has 0 unspecified atom stereocenters. The molecule has 3 nitrogen and oxygen atoms in total. The van der Waals surface area contributed by atoms with Gasteiger partial charge in [-0.25, -0.2) is 0 Å². The zero-order valence-corrected chi connectivity index (χ0v) is 12.8. The smallest absolute Gasteiger partial charge is 0.558 e. The van der Waals surface area contributed by atoms with Crippen molar-refractivity contribution in [2.24, 2.45) is 0 Å². The van der Waals surface area contributed by atoms with Crippen LogP contribution in [0.3, 0.4) is 0 Å². The summed E-state index contributed by atoms with van der Waals surface area (Å²) in [4.78, 5) is 11.9. The van der Waals surface area contributed by atoms with Crippen LogP contribution in [0.5, 0.6) is 11.5 Å². The number of carbonyl (C=O) groups is 1. The maximum Gasteiger partial charge on any atom is 1.00 e. The van der Waals surface area contributed by atoms with Crippen LogP contribution in [0.2, 0.25) is 0 Å². The Balaban J connectivity index is 0.00000256. The third kappa shape index (κ3) is 4.00. The topological polar surface area (TPSA) is 35.5 Å². The summed E-state index contributed by atoms with van der Waals surface area (Å²) in [5.74, 6) is 1.04. The van der Waals surface area contributed by atoms with Gasteiger partial charge < -0.3 is 18.7 Å². The maximum atomic E-state index is 11.9. The minimum absolute atomic E-state index is 0. The summed E-state index contributed by atoms with van der Waals surface area (Å²) in [6, 6.07) is 3.54. The molecular weight excluding hydrogens is 298 g/mol. The molecule has 0 aliphatic carbocycles. The van der Waals surface area contributed by atoms with Gasteiger partial charge in [0.15, 0.2) is 5.78 Å². The Labute approximate surface area is 124 Å². The molecule has 0 radical (unpaired) electrons. The monoisotopic (exact) mass is 310 g/mol. The number of hydrogen-bond acceptors (Lipinski definition) is 3. The van der Waals surface area contributed by atoms with E-state index in [1.165, 1.54) is 14.2 Å². The van der Waals surface area contributed by atoms with E-state index < -0.39 is 0 Å². The van der Waals surface area contributed by atoms with E-state index in [2.05, 4.69) is 25.2 Å². The van der Waals surface area contributed by atoms with Crippen LogP contribution >= 0.6 is 25.2 Å². The summed E-state index contributed by atoms with van der Waals surface area (Å²) in [5, 5.41) is 0. The van der Waals surface area contributed by atoms with Crippen LogP contribution in [-0.4, -0.2) is 26.2 Å². The van der Waals surface area contributed by atoms with Gasteiger partial charge in [-0.05, 0) is 34.5 Å². The molecule has 6 heteroatoms. The average Bonchev–Trinajstić information content (AvgIpc) is 2.28. The van der Waals surface area contributed by atoms with Gasteiger partial charge in [0.1, 0.15) is 17.1 Å². The number of halogens is 1. The van der Waals surface area contributed by atoms with Gasteiger partial charge in [0.05, 0.1) is 18.7 Å². The second-order valence-corrected chi connectivity index (χ2v) is 4.44. The minimum atomic E-state index is -0.00926. The number of methoxy groups -OCH3 is 2. The molecule has 0 aromatic heterocycles. The molecule has 17 heavy (non-hydrogen) atoms. The average molecular weight is 311 g/mol. The van der Waals surface area contributed by atoms with E-state index in [0.29, 0.717) is 29.6 Å². The Morgan fingerprint density at radius 1 is 1.35 bits per heavy atom. The molecule has 0 fully saturated rings. The third-order valence-electron chi connectivity index (χ3n) is 2.13. The molecular formula is C11H13BrLiO3P. The second kappa shape index (κ2) is 8.16. The first-order valence-corrected chi connectivity index (χ1v) is 6.24. The first kappa shape index (κ1) is 17.0. The molecule has 0 amide bonds. The SMILES string of the molecule is COc1ccc(Br)c(OC)c1C(=O)CC[PH-].[Li+]. The predicted molar refractivity (Wildman–Crippen MR) is 69.4 cm³/mol. The number of ketones is 1. The zero-order valence-electron chi connectivity index (χ0n) is 10.2. The first-order chi connectivity index (χ1) is 7.65. The Morgan fingerprint density at radius 3 is 2.47 bits per heavy atom. The summed E-state index contributed by atoms with van der Waals surface area (Å²) in [6.45, 7) is 0. The van der Waals surface area contributed by atoms with E-state index in [4.69, 9.17) is 9.47 Å². The van der Waals surface area contributed by atoms with E-state index >= 15 is 0 Å². The van der Waals surface area contributed by atoms with Gasteiger partial charge in [-0.1, -0.05) is 0 Å². The Hall–Kier alpha value is -0.00260. The van der Waals surface area contributed by atoms with Gasteiger partial charge in [0.2, 0.25) is 0 Å². The van der Waals surface area contributed by atoms with Crippen molar-refractivity contribution in [1.29, 1.82) is 0 Å². The van der Waals surface area contributed by atoms with E-state index in [-0.39, 0.29) is 24.6 Å². The third-order valence-corrected chi connectivity index (χ3v) is 3.00. The number of hydrogen-bond donors (Lipinski definition) is 0. The van der Waals surface area contributed by atoms with E-state index in [1.807, 2.05) is 0 Å². The van der Waals surface area contributed by atoms with Gasteiger partial charge >= 0.3 is 18.9 Å². The summed E-state index contributed by atoms with van der Waals surface area (Å²) in [5.41, 5.74) is 0.484. The number of carbonyl (C=O) groups excluding carboxylic acids is 1. The molecule has 0 bridgehead atoms. The van der Waals surface area contributed by atoms with E-state index in [1.54, 1.807) is 12.1 Å². The van der Waals surface area contributed by atoms with Gasteiger partial charge in [-0.15, -0.1) is 0 Å². The normalized spacial score (nSPS) is 9.41. The van der Waals surface area contributed by atoms with E-state index in [0.717, 1.165) is 4.47 Å². The first-order valence-electron chi connectivity index (χ1n) is 4.74. The molecule has 1 rings (SSSR count). The minimum Gasteiger partial charge on any atom is -0.558 e. The van der Waals surface area contributed by atoms with Crippen LogP contribution in [0.25, 0.3) is 0 Å². The van der Waals surface area contributed by atoms with Crippen LogP contribution in [0.4, 0.5) is 0 Å². The Kier molecular flexibility index (Phi) is 8.16. The van der Waals surface area contributed by atoms with Crippen molar-refractivity contribution in [2.45, 2.75) is 6.42 Å². The van der Waals surface area contributed by atoms with E-state index in [9.17, 15) is 4.79 Å². The fourth-order valence-electron chi connectivity index (χ4n) is 1.41. The molecule has 0 saturated heterocycles. The largest absolute Gasteiger partial charge is 1.00 e. The fourth-order valence-corrected chi connectivity index (χ4v) is 2.13. The van der Waals surface area contributed by atoms with Crippen molar-refractivity contribution in [1.82, 2.24) is 0 Å². The number of benzene rings is 1. The number of rotatable bonds is 5. The van der Waals surface area contributed by atoms with Crippen molar-refractivity contribution in [3.63, 3.8) is 0 Å². The molecule has 88 valence electrons. The zero-order chi connectivity index (χ0) is 12.1. The van der Waals surface area contributed by atoms with Crippen LogP contribution in [0.15, 0.2) is 16.6 Å². The molecule has 0 saturated carbocycles. The van der Waals surface area contributed by atoms with Crippen LogP contribution in [0, 0.1) is 0 Å². The standard InChI is InChI=1S/C11H13BrO3P.Li/c1-14-9-4-3-7(12)11(15-2)10(9)8(13)5-6-16;/h3-4,16H,5-6H2,1-2H3;/q-1;+1. The summed E-state index contributed by atoms with van der Waals surface area (Å²) in [6.07, 6.45) is 1.01. The molecule has 0 N–H and O–H groups in total. The van der Waals surface area contributed by atoms with Crippen molar-refractivity contribution in [3.05, 3.63) is 22.2 Å². The Morgan fingerprint density at radius 2 is 2.00 bits per heavy atom. The van der Waals surface area contributed by atoms with Crippen molar-refractivity contribution in [3.8, 4) is 11.5 Å². The number of ether oxygens (including phenoxy) is 2. The summed E-state index contributed by atoms with van der Waals surface area (Å²) < 4.78 is 11.1.